The number of hydrogen-bond donors (Lipinski definition) is 1. The number of rotatable bonds is 8. The van der Waals surface area contributed by atoms with Gasteiger partial charge < -0.3 is 5.11 Å². The molecule has 0 radical (unpaired) electrons. The molecule has 0 saturated heterocycles. The Kier molecular flexibility index (Phi) is 6.60. The van der Waals surface area contributed by atoms with E-state index in [2.05, 4.69) is 0 Å². The number of non-ortho nitro benzene ring substituents is 1. The largest absolute Gasteiger partial charge is 0.384 e. The van der Waals surface area contributed by atoms with Crippen LogP contribution in [-0.2, 0) is 4.79 Å². The zero-order valence-electron chi connectivity index (χ0n) is 14.1. The Hall–Kier alpha value is -2.79. The maximum atomic E-state index is 12.6. The number of nitro benzene ring substituents is 1. The third kappa shape index (κ3) is 5.09. The first kappa shape index (κ1) is 18.5. The molecule has 5 nitrogen and oxygen atoms in total. The van der Waals surface area contributed by atoms with Crippen LogP contribution in [0.4, 0.5) is 5.69 Å². The van der Waals surface area contributed by atoms with Gasteiger partial charge in [0.05, 0.1) is 4.92 Å². The lowest BCUT2D eigenvalue weighted by Gasteiger charge is -2.15. The summed E-state index contributed by atoms with van der Waals surface area (Å²) in [5, 5.41) is 21.4. The number of unbranched alkanes of at least 4 members (excludes halogenated alkanes) is 1. The van der Waals surface area contributed by atoms with Crippen molar-refractivity contribution >= 4 is 17.5 Å². The zero-order chi connectivity index (χ0) is 18.2. The number of benzene rings is 2. The number of aliphatic hydroxyl groups excluding tert-OH is 1. The van der Waals surface area contributed by atoms with Crippen LogP contribution in [-0.4, -0.2) is 15.8 Å². The molecule has 2 aromatic carbocycles. The lowest BCUT2D eigenvalue weighted by molar-refractivity contribution is -0.384. The normalized spacial score (nSPS) is 12.6. The molecule has 1 N–H and O–H groups in total. The van der Waals surface area contributed by atoms with Gasteiger partial charge in [-0.25, -0.2) is 0 Å². The molecule has 0 bridgehead atoms. The molecule has 0 aliphatic heterocycles. The molecule has 0 saturated carbocycles. The minimum absolute atomic E-state index is 0.0538. The Morgan fingerprint density at radius 3 is 2.36 bits per heavy atom. The van der Waals surface area contributed by atoms with Crippen molar-refractivity contribution in [1.29, 1.82) is 0 Å². The Balaban J connectivity index is 2.34. The van der Waals surface area contributed by atoms with Crippen molar-refractivity contribution in [2.24, 2.45) is 0 Å². The zero-order valence-corrected chi connectivity index (χ0v) is 14.1. The van der Waals surface area contributed by atoms with Gasteiger partial charge in [0.1, 0.15) is 6.10 Å². The smallest absolute Gasteiger partial charge is 0.269 e. The molecule has 0 aliphatic rings. The molecule has 5 heteroatoms. The van der Waals surface area contributed by atoms with Crippen molar-refractivity contribution in [2.45, 2.75) is 32.3 Å². The van der Waals surface area contributed by atoms with Crippen LogP contribution in [0.5, 0.6) is 0 Å². The first-order chi connectivity index (χ1) is 12.0. The fraction of sp³-hybridized carbons (Fsp3) is 0.250. The molecule has 0 heterocycles. The van der Waals surface area contributed by atoms with E-state index in [1.807, 2.05) is 37.3 Å². The molecule has 130 valence electrons. The summed E-state index contributed by atoms with van der Waals surface area (Å²) < 4.78 is 0. The fourth-order valence-electron chi connectivity index (χ4n) is 2.48. The maximum absolute atomic E-state index is 12.6. The second-order valence-electron chi connectivity index (χ2n) is 5.79. The molecule has 0 fully saturated rings. The van der Waals surface area contributed by atoms with Gasteiger partial charge in [-0.3, -0.25) is 14.9 Å². The van der Waals surface area contributed by atoms with Crippen molar-refractivity contribution in [3.05, 3.63) is 81.4 Å². The molecule has 25 heavy (non-hydrogen) atoms. The maximum Gasteiger partial charge on any atom is 0.269 e. The highest BCUT2D eigenvalue weighted by atomic mass is 16.6. The van der Waals surface area contributed by atoms with Crippen LogP contribution in [0.1, 0.15) is 43.4 Å². The van der Waals surface area contributed by atoms with E-state index in [1.54, 1.807) is 6.08 Å². The van der Waals surface area contributed by atoms with Crippen LogP contribution in [0, 0.1) is 10.1 Å². The summed E-state index contributed by atoms with van der Waals surface area (Å²) in [6, 6.07) is 14.9. The van der Waals surface area contributed by atoms with Crippen LogP contribution >= 0.6 is 0 Å². The van der Waals surface area contributed by atoms with Crippen molar-refractivity contribution < 1.29 is 14.8 Å². The first-order valence-electron chi connectivity index (χ1n) is 8.25. The van der Waals surface area contributed by atoms with E-state index in [9.17, 15) is 20.0 Å². The summed E-state index contributed by atoms with van der Waals surface area (Å²) in [4.78, 5) is 22.8. The molecule has 1 atom stereocenters. The minimum atomic E-state index is -1.12. The summed E-state index contributed by atoms with van der Waals surface area (Å²) in [7, 11) is 0. The number of nitro groups is 1. The van der Waals surface area contributed by atoms with E-state index in [-0.39, 0.29) is 11.5 Å². The molecule has 0 spiro atoms. The summed E-state index contributed by atoms with van der Waals surface area (Å²) in [5.74, 6) is -0.114. The van der Waals surface area contributed by atoms with Gasteiger partial charge in [-0.05, 0) is 35.8 Å². The summed E-state index contributed by atoms with van der Waals surface area (Å²) in [5.41, 5.74) is 1.52. The van der Waals surface area contributed by atoms with Gasteiger partial charge in [-0.15, -0.1) is 0 Å². The SMILES string of the molecule is CCCCC(=O)/C(=C\c1ccccc1)C(O)c1ccc([N+](=O)[O-])cc1. The van der Waals surface area contributed by atoms with Crippen LogP contribution in [0.25, 0.3) is 6.08 Å². The van der Waals surface area contributed by atoms with Gasteiger partial charge in [-0.2, -0.15) is 0 Å². The second-order valence-corrected chi connectivity index (χ2v) is 5.79. The highest BCUT2D eigenvalue weighted by Crippen LogP contribution is 2.27. The van der Waals surface area contributed by atoms with Crippen LogP contribution in [0.15, 0.2) is 60.2 Å². The molecular weight excluding hydrogens is 318 g/mol. The van der Waals surface area contributed by atoms with E-state index in [1.165, 1.54) is 24.3 Å². The van der Waals surface area contributed by atoms with Crippen LogP contribution in [0.2, 0.25) is 0 Å². The summed E-state index contributed by atoms with van der Waals surface area (Å²) >= 11 is 0. The molecule has 0 aliphatic carbocycles. The Bertz CT molecular complexity index is 751. The predicted octanol–water partition coefficient (Wildman–Crippen LogP) is 4.47. The number of carbonyl (C=O) groups is 1. The van der Waals surface area contributed by atoms with Gasteiger partial charge in [-0.1, -0.05) is 43.7 Å². The fourth-order valence-corrected chi connectivity index (χ4v) is 2.48. The van der Waals surface area contributed by atoms with Crippen LogP contribution in [0.3, 0.4) is 0 Å². The number of hydrogen-bond acceptors (Lipinski definition) is 4. The van der Waals surface area contributed by atoms with E-state index < -0.39 is 11.0 Å². The number of Topliss-reactive ketones (excluding diaryl/α,β-unsaturated/α-hetero) is 1. The second kappa shape index (κ2) is 8.89. The Morgan fingerprint density at radius 2 is 1.80 bits per heavy atom. The highest BCUT2D eigenvalue weighted by Gasteiger charge is 2.21. The molecule has 1 unspecified atom stereocenters. The monoisotopic (exact) mass is 339 g/mol. The minimum Gasteiger partial charge on any atom is -0.384 e. The molecule has 2 aromatic rings. The van der Waals surface area contributed by atoms with E-state index in [4.69, 9.17) is 0 Å². The third-order valence-electron chi connectivity index (χ3n) is 3.92. The Labute approximate surface area is 146 Å². The number of carbonyl (C=O) groups excluding carboxylic acids is 1. The number of ketones is 1. The molecule has 0 amide bonds. The lowest BCUT2D eigenvalue weighted by atomic mass is 9.93. The van der Waals surface area contributed by atoms with Gasteiger partial charge in [0.15, 0.2) is 5.78 Å². The van der Waals surface area contributed by atoms with E-state index in [0.717, 1.165) is 18.4 Å². The average molecular weight is 339 g/mol. The lowest BCUT2D eigenvalue weighted by Crippen LogP contribution is -2.12. The van der Waals surface area contributed by atoms with Crippen molar-refractivity contribution in [1.82, 2.24) is 0 Å². The molecular formula is C20H21NO4. The summed E-state index contributed by atoms with van der Waals surface area (Å²) in [6.07, 6.45) is 2.56. The topological polar surface area (TPSA) is 80.4 Å². The van der Waals surface area contributed by atoms with Crippen molar-refractivity contribution in [2.75, 3.05) is 0 Å². The van der Waals surface area contributed by atoms with Gasteiger partial charge in [0.2, 0.25) is 0 Å². The van der Waals surface area contributed by atoms with Crippen molar-refractivity contribution in [3.63, 3.8) is 0 Å². The van der Waals surface area contributed by atoms with E-state index in [0.29, 0.717) is 17.6 Å². The average Bonchev–Trinajstić information content (AvgIpc) is 2.64. The summed E-state index contributed by atoms with van der Waals surface area (Å²) in [6.45, 7) is 2.00. The third-order valence-corrected chi connectivity index (χ3v) is 3.92. The standard InChI is InChI=1S/C20H21NO4/c1-2-3-9-19(22)18(14-15-7-5-4-6-8-15)20(23)16-10-12-17(13-11-16)21(24)25/h4-8,10-14,20,23H,2-3,9H2,1H3/b18-14+. The Morgan fingerprint density at radius 1 is 1.16 bits per heavy atom. The number of nitrogens with zero attached hydrogens (tertiary/aromatic N) is 1. The highest BCUT2D eigenvalue weighted by molar-refractivity contribution is 6.00. The quantitative estimate of drug-likeness (QED) is 0.437. The van der Waals surface area contributed by atoms with Gasteiger partial charge in [0, 0.05) is 24.1 Å². The first-order valence-corrected chi connectivity index (χ1v) is 8.25. The van der Waals surface area contributed by atoms with Gasteiger partial charge in [0.25, 0.3) is 5.69 Å². The van der Waals surface area contributed by atoms with Crippen LogP contribution < -0.4 is 0 Å². The number of aliphatic hydroxyl groups is 1. The van der Waals surface area contributed by atoms with Gasteiger partial charge >= 0.3 is 0 Å². The predicted molar refractivity (Wildman–Crippen MR) is 97.0 cm³/mol. The molecule has 2 rings (SSSR count). The van der Waals surface area contributed by atoms with Crippen molar-refractivity contribution in [3.8, 4) is 0 Å². The molecule has 0 aromatic heterocycles. The van der Waals surface area contributed by atoms with E-state index >= 15 is 0 Å².